The molecule has 0 spiro atoms. The Morgan fingerprint density at radius 2 is 0.633 bits per heavy atom. The van der Waals surface area contributed by atoms with Crippen molar-refractivity contribution in [1.29, 1.82) is 0 Å². The van der Waals surface area contributed by atoms with Gasteiger partial charge < -0.3 is 0 Å². The Hall–Kier alpha value is -0.0800. The van der Waals surface area contributed by atoms with Crippen LogP contribution in [0, 0.1) is 0 Å². The molecule has 0 heterocycles. The fourth-order valence-corrected chi connectivity index (χ4v) is 5.49. The molecule has 0 aromatic rings. The van der Waals surface area contributed by atoms with Crippen LogP contribution >= 0.6 is 0 Å². The molecule has 2 nitrogen and oxygen atoms in total. The van der Waals surface area contributed by atoms with Crippen LogP contribution in [0.1, 0.15) is 151 Å². The summed E-state index contributed by atoms with van der Waals surface area (Å²) in [5.74, 6) is 0. The van der Waals surface area contributed by atoms with Gasteiger partial charge in [0.2, 0.25) is 0 Å². The van der Waals surface area contributed by atoms with E-state index in [4.69, 9.17) is 0 Å². The molecule has 182 valence electrons. The van der Waals surface area contributed by atoms with Crippen molar-refractivity contribution in [2.45, 2.75) is 156 Å². The van der Waals surface area contributed by atoms with Gasteiger partial charge in [-0.25, -0.2) is 0 Å². The summed E-state index contributed by atoms with van der Waals surface area (Å²) in [6, 6.07) is 0. The second-order valence-electron chi connectivity index (χ2n) is 9.42. The molecule has 0 aliphatic heterocycles. The fraction of sp³-hybridized carbons (Fsp3) is 1.00. The minimum absolute atomic E-state index is 0.290. The Kier molecular flexibility index (Phi) is 20.7. The molecule has 0 amide bonds. The number of nitrogens with zero attached hydrogens (tertiary/aromatic N) is 2. The van der Waals surface area contributed by atoms with Crippen molar-refractivity contribution in [3.8, 4) is 0 Å². The van der Waals surface area contributed by atoms with Gasteiger partial charge in [0.15, 0.2) is 0 Å². The number of rotatable bonds is 23. The third kappa shape index (κ3) is 12.1. The number of hydrogen-bond acceptors (Lipinski definition) is 2. The van der Waals surface area contributed by atoms with Gasteiger partial charge in [-0.3, -0.25) is 9.80 Å². The summed E-state index contributed by atoms with van der Waals surface area (Å²) in [6.45, 7) is 18.8. The average molecular weight is 425 g/mol. The molecule has 0 aliphatic rings. The lowest BCUT2D eigenvalue weighted by Crippen LogP contribution is -2.60. The van der Waals surface area contributed by atoms with Crippen LogP contribution < -0.4 is 0 Å². The van der Waals surface area contributed by atoms with Crippen molar-refractivity contribution < 1.29 is 0 Å². The zero-order chi connectivity index (χ0) is 22.5. The lowest BCUT2D eigenvalue weighted by atomic mass is 9.90. The zero-order valence-electron chi connectivity index (χ0n) is 22.2. The maximum absolute atomic E-state index is 2.80. The van der Waals surface area contributed by atoms with E-state index in [0.29, 0.717) is 5.66 Å². The van der Waals surface area contributed by atoms with Gasteiger partial charge >= 0.3 is 0 Å². The summed E-state index contributed by atoms with van der Waals surface area (Å²) in [6.07, 6.45) is 24.0. The second kappa shape index (κ2) is 20.8. The zero-order valence-corrected chi connectivity index (χ0v) is 22.2. The van der Waals surface area contributed by atoms with Crippen LogP contribution in [-0.4, -0.2) is 41.6 Å². The highest BCUT2D eigenvalue weighted by molar-refractivity contribution is 4.90. The van der Waals surface area contributed by atoms with Crippen LogP contribution in [0.15, 0.2) is 0 Å². The highest BCUT2D eigenvalue weighted by Crippen LogP contribution is 2.33. The first-order valence-corrected chi connectivity index (χ1v) is 14.2. The van der Waals surface area contributed by atoms with Gasteiger partial charge in [0.05, 0.1) is 5.66 Å². The van der Waals surface area contributed by atoms with Crippen molar-refractivity contribution in [3.63, 3.8) is 0 Å². The van der Waals surface area contributed by atoms with Gasteiger partial charge in [-0.05, 0) is 39.0 Å². The molecule has 0 fully saturated rings. The molecule has 0 saturated heterocycles. The first-order chi connectivity index (χ1) is 14.7. The molecule has 0 saturated carbocycles. The van der Waals surface area contributed by atoms with Crippen molar-refractivity contribution in [1.82, 2.24) is 9.80 Å². The van der Waals surface area contributed by atoms with E-state index >= 15 is 0 Å². The van der Waals surface area contributed by atoms with E-state index in [2.05, 4.69) is 51.3 Å². The van der Waals surface area contributed by atoms with Crippen LogP contribution in [0.4, 0.5) is 0 Å². The van der Waals surface area contributed by atoms with Gasteiger partial charge in [0.1, 0.15) is 0 Å². The molecule has 0 aromatic carbocycles. The molecule has 0 N–H and O–H groups in total. The van der Waals surface area contributed by atoms with E-state index in [1.807, 2.05) is 0 Å². The van der Waals surface area contributed by atoms with Gasteiger partial charge in [0.25, 0.3) is 0 Å². The van der Waals surface area contributed by atoms with E-state index < -0.39 is 0 Å². The van der Waals surface area contributed by atoms with Crippen molar-refractivity contribution in [2.24, 2.45) is 0 Å². The normalized spacial score (nSPS) is 12.4. The molecular weight excluding hydrogens is 364 g/mol. The van der Waals surface area contributed by atoms with Gasteiger partial charge in [-0.15, -0.1) is 0 Å². The summed E-state index contributed by atoms with van der Waals surface area (Å²) < 4.78 is 0. The Morgan fingerprint density at radius 3 is 0.900 bits per heavy atom. The predicted octanol–water partition coefficient (Wildman–Crippen LogP) is 9.04. The van der Waals surface area contributed by atoms with E-state index in [9.17, 15) is 0 Å². The smallest absolute Gasteiger partial charge is 0.0737 e. The Labute approximate surface area is 192 Å². The molecule has 2 heteroatoms. The number of hydrogen-bond donors (Lipinski definition) is 0. The van der Waals surface area contributed by atoms with Crippen LogP contribution in [-0.2, 0) is 0 Å². The minimum Gasteiger partial charge on any atom is -0.286 e. The first kappa shape index (κ1) is 29.9. The molecule has 30 heavy (non-hydrogen) atoms. The molecule has 0 bridgehead atoms. The maximum Gasteiger partial charge on any atom is 0.0737 e. The van der Waals surface area contributed by atoms with Crippen molar-refractivity contribution >= 4 is 0 Å². The summed E-state index contributed by atoms with van der Waals surface area (Å²) in [5.41, 5.74) is 0.290. The van der Waals surface area contributed by atoms with E-state index in [1.54, 1.807) is 0 Å². The molecule has 0 aliphatic carbocycles. The lowest BCUT2D eigenvalue weighted by molar-refractivity contribution is -0.0666. The van der Waals surface area contributed by atoms with Crippen LogP contribution in [0.25, 0.3) is 0 Å². The Balaban J connectivity index is 4.80. The van der Waals surface area contributed by atoms with Crippen molar-refractivity contribution in [2.75, 3.05) is 26.2 Å². The highest BCUT2D eigenvalue weighted by Gasteiger charge is 2.38. The summed E-state index contributed by atoms with van der Waals surface area (Å²) in [7, 11) is 0. The molecule has 0 atom stereocenters. The molecule has 0 radical (unpaired) electrons. The lowest BCUT2D eigenvalue weighted by Gasteiger charge is -2.51. The van der Waals surface area contributed by atoms with Crippen molar-refractivity contribution in [3.05, 3.63) is 0 Å². The third-order valence-electron chi connectivity index (χ3n) is 7.32. The van der Waals surface area contributed by atoms with Gasteiger partial charge in [-0.1, -0.05) is 138 Å². The average Bonchev–Trinajstić information content (AvgIpc) is 2.76. The third-order valence-corrected chi connectivity index (χ3v) is 7.32. The Bertz CT molecular complexity index is 322. The van der Waals surface area contributed by atoms with Crippen LogP contribution in [0.5, 0.6) is 0 Å². The quantitative estimate of drug-likeness (QED) is 0.119. The largest absolute Gasteiger partial charge is 0.286 e. The topological polar surface area (TPSA) is 6.48 Å². The van der Waals surface area contributed by atoms with E-state index in [1.165, 1.54) is 135 Å². The minimum atomic E-state index is 0.290. The van der Waals surface area contributed by atoms with E-state index in [-0.39, 0.29) is 0 Å². The highest BCUT2D eigenvalue weighted by atomic mass is 15.4. The maximum atomic E-state index is 2.80. The standard InChI is InChI=1S/C28H60N2/c1-7-13-15-17-19-21-23-25-27-28(29(9-3)10-4,30(11-5)12-6)26-24-22-20-18-16-14-8-2/h7-27H2,1-6H3. The summed E-state index contributed by atoms with van der Waals surface area (Å²) >= 11 is 0. The van der Waals surface area contributed by atoms with E-state index in [0.717, 1.165) is 0 Å². The monoisotopic (exact) mass is 424 g/mol. The summed E-state index contributed by atoms with van der Waals surface area (Å²) in [4.78, 5) is 5.61. The van der Waals surface area contributed by atoms with Gasteiger partial charge in [-0.2, -0.15) is 0 Å². The molecular formula is C28H60N2. The Morgan fingerprint density at radius 1 is 0.367 bits per heavy atom. The fourth-order valence-electron chi connectivity index (χ4n) is 5.49. The predicted molar refractivity (Wildman–Crippen MR) is 138 cm³/mol. The van der Waals surface area contributed by atoms with Crippen LogP contribution in [0.2, 0.25) is 0 Å². The number of unbranched alkanes of at least 4 members (excludes halogenated alkanes) is 13. The second-order valence-corrected chi connectivity index (χ2v) is 9.42. The SMILES string of the molecule is CCCCCCCCCCC(CCCCCCCCC)(N(CC)CC)N(CC)CC. The molecule has 0 rings (SSSR count). The van der Waals surface area contributed by atoms with Crippen LogP contribution in [0.3, 0.4) is 0 Å². The van der Waals surface area contributed by atoms with Gasteiger partial charge in [0, 0.05) is 0 Å². The first-order valence-electron chi connectivity index (χ1n) is 14.2. The molecule has 0 aromatic heterocycles. The molecule has 0 unspecified atom stereocenters. The summed E-state index contributed by atoms with van der Waals surface area (Å²) in [5, 5.41) is 0.